The van der Waals surface area contributed by atoms with Crippen molar-refractivity contribution in [2.75, 3.05) is 10.8 Å². The highest BCUT2D eigenvalue weighted by atomic mass is 79.9. The van der Waals surface area contributed by atoms with Crippen LogP contribution >= 0.6 is 27.5 Å². The Kier molecular flexibility index (Phi) is 11.2. The Labute approximate surface area is 284 Å². The van der Waals surface area contributed by atoms with Gasteiger partial charge in [0.2, 0.25) is 11.8 Å². The number of carbonyl (C=O) groups excluding carboxylic acids is 2. The topological polar surface area (TPSA) is 86.8 Å². The number of aryl methyl sites for hydroxylation is 1. The van der Waals surface area contributed by atoms with Crippen LogP contribution in [-0.2, 0) is 32.6 Å². The largest absolute Gasteiger partial charge is 0.352 e. The lowest BCUT2D eigenvalue weighted by Gasteiger charge is -2.34. The van der Waals surface area contributed by atoms with E-state index in [9.17, 15) is 18.0 Å². The predicted octanol–water partition coefficient (Wildman–Crippen LogP) is 7.31. The first kappa shape index (κ1) is 33.7. The van der Waals surface area contributed by atoms with Gasteiger partial charge in [-0.15, -0.1) is 0 Å². The van der Waals surface area contributed by atoms with Crippen LogP contribution in [0.25, 0.3) is 0 Å². The quantitative estimate of drug-likeness (QED) is 0.166. The lowest BCUT2D eigenvalue weighted by molar-refractivity contribution is -0.140. The monoisotopic (exact) mass is 721 g/mol. The van der Waals surface area contributed by atoms with E-state index in [-0.39, 0.29) is 29.8 Å². The Morgan fingerprint density at radius 3 is 2.20 bits per heavy atom. The molecule has 0 bridgehead atoms. The van der Waals surface area contributed by atoms with Gasteiger partial charge in [-0.3, -0.25) is 13.9 Å². The summed E-state index contributed by atoms with van der Waals surface area (Å²) in [5.41, 5.74) is 2.85. The molecule has 0 radical (unpaired) electrons. The van der Waals surface area contributed by atoms with E-state index in [1.54, 1.807) is 54.6 Å². The SMILES string of the molecule is Cc1ccc(S(=O)(=O)N(CC(=O)N(Cc2cccc(Cl)c2)C(Cc2ccccc2)C(=O)NC2CCCC2)c2ccc(Br)cc2)cc1. The number of amides is 2. The molecule has 4 aromatic carbocycles. The Morgan fingerprint density at radius 1 is 0.891 bits per heavy atom. The number of anilines is 1. The fourth-order valence-electron chi connectivity index (χ4n) is 5.73. The summed E-state index contributed by atoms with van der Waals surface area (Å²) >= 11 is 9.75. The minimum atomic E-state index is -4.17. The summed E-state index contributed by atoms with van der Waals surface area (Å²) in [7, 11) is -4.17. The molecule has 0 aromatic heterocycles. The normalized spacial score (nSPS) is 14.1. The molecule has 1 aliphatic carbocycles. The van der Waals surface area contributed by atoms with Gasteiger partial charge in [-0.1, -0.05) is 101 Å². The minimum absolute atomic E-state index is 0.0371. The first-order chi connectivity index (χ1) is 22.1. The fraction of sp³-hybridized carbons (Fsp3) is 0.278. The summed E-state index contributed by atoms with van der Waals surface area (Å²) in [5.74, 6) is -0.774. The zero-order chi connectivity index (χ0) is 32.7. The third kappa shape index (κ3) is 8.57. The maximum Gasteiger partial charge on any atom is 0.264 e. The zero-order valence-electron chi connectivity index (χ0n) is 25.6. The van der Waals surface area contributed by atoms with E-state index in [0.717, 1.165) is 51.2 Å². The van der Waals surface area contributed by atoms with Crippen LogP contribution in [0.3, 0.4) is 0 Å². The van der Waals surface area contributed by atoms with Crippen molar-refractivity contribution in [1.29, 1.82) is 0 Å². The molecule has 1 aliphatic rings. The number of sulfonamides is 1. The fourth-order valence-corrected chi connectivity index (χ4v) is 7.62. The van der Waals surface area contributed by atoms with Gasteiger partial charge in [0.15, 0.2) is 0 Å². The van der Waals surface area contributed by atoms with Gasteiger partial charge >= 0.3 is 0 Å². The smallest absolute Gasteiger partial charge is 0.264 e. The molecule has 240 valence electrons. The van der Waals surface area contributed by atoms with Crippen molar-refractivity contribution < 1.29 is 18.0 Å². The Hall–Kier alpha value is -3.66. The molecule has 0 heterocycles. The minimum Gasteiger partial charge on any atom is -0.352 e. The average molecular weight is 723 g/mol. The first-order valence-electron chi connectivity index (χ1n) is 15.3. The van der Waals surface area contributed by atoms with Gasteiger partial charge in [-0.2, -0.15) is 0 Å². The molecular formula is C36H37BrClN3O4S. The van der Waals surface area contributed by atoms with Crippen LogP contribution in [0.4, 0.5) is 5.69 Å². The van der Waals surface area contributed by atoms with E-state index in [2.05, 4.69) is 21.2 Å². The number of halogens is 2. The van der Waals surface area contributed by atoms with Crippen LogP contribution in [-0.4, -0.2) is 43.8 Å². The molecule has 0 aliphatic heterocycles. The number of hydrogen-bond donors (Lipinski definition) is 1. The van der Waals surface area contributed by atoms with Gasteiger partial charge in [0, 0.05) is 28.5 Å². The summed E-state index contributed by atoms with van der Waals surface area (Å²) in [5, 5.41) is 3.69. The van der Waals surface area contributed by atoms with E-state index in [1.165, 1.54) is 17.0 Å². The van der Waals surface area contributed by atoms with Gasteiger partial charge in [0.25, 0.3) is 10.0 Å². The molecule has 1 N–H and O–H groups in total. The van der Waals surface area contributed by atoms with Crippen molar-refractivity contribution in [3.63, 3.8) is 0 Å². The second-order valence-corrected chi connectivity index (χ2v) is 14.9. The predicted molar refractivity (Wildman–Crippen MR) is 186 cm³/mol. The van der Waals surface area contributed by atoms with E-state index >= 15 is 0 Å². The molecule has 10 heteroatoms. The lowest BCUT2D eigenvalue weighted by atomic mass is 10.0. The van der Waals surface area contributed by atoms with Crippen LogP contribution in [0.1, 0.15) is 42.4 Å². The van der Waals surface area contributed by atoms with Gasteiger partial charge in [-0.25, -0.2) is 8.42 Å². The lowest BCUT2D eigenvalue weighted by Crippen LogP contribution is -2.54. The molecular weight excluding hydrogens is 686 g/mol. The maximum absolute atomic E-state index is 14.6. The third-order valence-corrected chi connectivity index (χ3v) is 10.8. The summed E-state index contributed by atoms with van der Waals surface area (Å²) in [4.78, 5) is 30.2. The molecule has 0 spiro atoms. The molecule has 1 atom stereocenters. The summed E-state index contributed by atoms with van der Waals surface area (Å²) in [6, 6.07) is 29.1. The highest BCUT2D eigenvalue weighted by Gasteiger charge is 2.35. The standard InChI is InChI=1S/C36H37BrClN3O4S/c1-26-14-20-33(21-15-26)46(44,45)41(32-18-16-29(37)17-19-32)25-35(42)40(24-28-10-7-11-30(38)22-28)34(23-27-8-3-2-4-9-27)36(43)39-31-12-5-6-13-31/h2-4,7-11,14-22,31,34H,5-6,12-13,23-25H2,1H3,(H,39,43). The van der Waals surface area contributed by atoms with E-state index in [1.807, 2.05) is 43.3 Å². The first-order valence-corrected chi connectivity index (χ1v) is 17.9. The third-order valence-electron chi connectivity index (χ3n) is 8.22. The molecule has 1 saturated carbocycles. The number of benzene rings is 4. The highest BCUT2D eigenvalue weighted by molar-refractivity contribution is 9.10. The molecule has 0 saturated heterocycles. The summed E-state index contributed by atoms with van der Waals surface area (Å²) < 4.78 is 30.2. The average Bonchev–Trinajstić information content (AvgIpc) is 3.55. The van der Waals surface area contributed by atoms with Crippen molar-refractivity contribution in [2.45, 2.75) is 62.6 Å². The number of nitrogens with one attached hydrogen (secondary N) is 1. The second-order valence-electron chi connectivity index (χ2n) is 11.6. The summed E-state index contributed by atoms with van der Waals surface area (Å²) in [6.45, 7) is 1.43. The Bertz CT molecular complexity index is 1750. The van der Waals surface area contributed by atoms with Crippen LogP contribution in [0.2, 0.25) is 5.02 Å². The van der Waals surface area contributed by atoms with E-state index in [0.29, 0.717) is 10.7 Å². The molecule has 7 nitrogen and oxygen atoms in total. The van der Waals surface area contributed by atoms with Gasteiger partial charge in [0.1, 0.15) is 12.6 Å². The van der Waals surface area contributed by atoms with Gasteiger partial charge in [0.05, 0.1) is 10.6 Å². The van der Waals surface area contributed by atoms with Crippen LogP contribution in [0.15, 0.2) is 112 Å². The number of carbonyl (C=O) groups is 2. The molecule has 46 heavy (non-hydrogen) atoms. The molecule has 4 aromatic rings. The molecule has 2 amide bonds. The molecule has 5 rings (SSSR count). The van der Waals surface area contributed by atoms with Crippen LogP contribution in [0, 0.1) is 6.92 Å². The summed E-state index contributed by atoms with van der Waals surface area (Å²) in [6.07, 6.45) is 4.11. The zero-order valence-corrected chi connectivity index (χ0v) is 28.8. The Balaban J connectivity index is 1.56. The number of hydrogen-bond acceptors (Lipinski definition) is 4. The van der Waals surface area contributed by atoms with Crippen LogP contribution in [0.5, 0.6) is 0 Å². The maximum atomic E-state index is 14.6. The molecule has 1 unspecified atom stereocenters. The van der Waals surface area contributed by atoms with Crippen molar-refractivity contribution in [2.24, 2.45) is 0 Å². The van der Waals surface area contributed by atoms with Gasteiger partial charge < -0.3 is 10.2 Å². The van der Waals surface area contributed by atoms with E-state index < -0.39 is 28.5 Å². The van der Waals surface area contributed by atoms with Crippen molar-refractivity contribution in [1.82, 2.24) is 10.2 Å². The second kappa shape index (κ2) is 15.3. The van der Waals surface area contributed by atoms with Crippen molar-refractivity contribution in [3.05, 3.63) is 129 Å². The van der Waals surface area contributed by atoms with Crippen LogP contribution < -0.4 is 9.62 Å². The number of nitrogens with zero attached hydrogens (tertiary/aromatic N) is 2. The Morgan fingerprint density at radius 2 is 1.54 bits per heavy atom. The van der Waals surface area contributed by atoms with E-state index in [4.69, 9.17) is 11.6 Å². The van der Waals surface area contributed by atoms with Gasteiger partial charge in [-0.05, 0) is 79.4 Å². The number of rotatable bonds is 12. The van der Waals surface area contributed by atoms with Crippen molar-refractivity contribution in [3.8, 4) is 0 Å². The highest BCUT2D eigenvalue weighted by Crippen LogP contribution is 2.27. The van der Waals surface area contributed by atoms with Crippen molar-refractivity contribution >= 4 is 55.1 Å². The molecule has 1 fully saturated rings.